The molecule has 11 heavy (non-hydrogen) atoms. The molecule has 0 aliphatic heterocycles. The van der Waals surface area contributed by atoms with Gasteiger partial charge in [-0.1, -0.05) is 35.4 Å². The Balaban J connectivity index is 0.000000605. The molecule has 0 aromatic heterocycles. The van der Waals surface area contributed by atoms with Crippen LogP contribution in [0, 0.1) is 43.7 Å². The van der Waals surface area contributed by atoms with E-state index in [1.807, 2.05) is 0 Å². The Bertz CT molecular complexity index is 217. The first-order valence-electron chi connectivity index (χ1n) is 3.74. The Morgan fingerprint density at radius 2 is 1.55 bits per heavy atom. The van der Waals surface area contributed by atoms with Gasteiger partial charge in [-0.25, -0.2) is 0 Å². The van der Waals surface area contributed by atoms with Crippen molar-refractivity contribution in [2.45, 2.75) is 19.8 Å². The monoisotopic (exact) mass is 296 g/mol. The van der Waals surface area contributed by atoms with Crippen molar-refractivity contribution in [1.82, 2.24) is 0 Å². The van der Waals surface area contributed by atoms with Crippen molar-refractivity contribution in [3.8, 4) is 0 Å². The molecule has 0 heterocycles. The van der Waals surface area contributed by atoms with Gasteiger partial charge in [0.15, 0.2) is 0 Å². The Morgan fingerprint density at radius 1 is 1.09 bits per heavy atom. The van der Waals surface area contributed by atoms with E-state index in [1.54, 1.807) is 5.92 Å². The van der Waals surface area contributed by atoms with Crippen LogP contribution in [0.1, 0.15) is 18.1 Å². The van der Waals surface area contributed by atoms with E-state index in [4.69, 9.17) is 0 Å². The summed E-state index contributed by atoms with van der Waals surface area (Å²) < 4.78 is 0. The second-order valence-corrected chi connectivity index (χ2v) is 3.08. The van der Waals surface area contributed by atoms with Crippen molar-refractivity contribution < 1.29 is 37.7 Å². The van der Waals surface area contributed by atoms with E-state index < -0.39 is 0 Å². The third-order valence-electron chi connectivity index (χ3n) is 2.10. The van der Waals surface area contributed by atoms with Gasteiger partial charge in [0.25, 0.3) is 0 Å². The van der Waals surface area contributed by atoms with E-state index in [1.165, 1.54) is 24.0 Å². The van der Waals surface area contributed by atoms with Crippen molar-refractivity contribution >= 4 is 0 Å². The number of rotatable bonds is 0. The molecule has 0 saturated heterocycles. The minimum atomic E-state index is 0. The maximum Gasteiger partial charge on any atom is 0 e. The summed E-state index contributed by atoms with van der Waals surface area (Å²) in [7, 11) is 0. The van der Waals surface area contributed by atoms with Crippen molar-refractivity contribution in [2.75, 3.05) is 0 Å². The molecule has 0 bridgehead atoms. The Morgan fingerprint density at radius 3 is 2.00 bits per heavy atom. The van der Waals surface area contributed by atoms with Crippen LogP contribution in [0.5, 0.6) is 0 Å². The van der Waals surface area contributed by atoms with Gasteiger partial charge in [-0.05, 0) is 0 Å². The fraction of sp³-hybridized carbons (Fsp3) is 0.300. The molecule has 1 aromatic rings. The molecule has 2 rings (SSSR count). The van der Waals surface area contributed by atoms with E-state index in [2.05, 4.69) is 31.2 Å². The van der Waals surface area contributed by atoms with E-state index in [9.17, 15) is 0 Å². The summed E-state index contributed by atoms with van der Waals surface area (Å²) in [5.41, 5.74) is 3.06. The van der Waals surface area contributed by atoms with Crippen molar-refractivity contribution in [1.29, 1.82) is 0 Å². The minimum Gasteiger partial charge on any atom is -0.308 e. The second kappa shape index (κ2) is 3.93. The smallest absolute Gasteiger partial charge is 0 e. The van der Waals surface area contributed by atoms with Crippen LogP contribution in [0.2, 0.25) is 0 Å². The molecule has 0 amide bonds. The second-order valence-electron chi connectivity index (χ2n) is 3.08. The summed E-state index contributed by atoms with van der Waals surface area (Å²) in [6.45, 7) is 2.24. The summed E-state index contributed by atoms with van der Waals surface area (Å²) in [6.07, 6.45) is 2.41. The van der Waals surface area contributed by atoms with Gasteiger partial charge in [-0.3, -0.25) is 0 Å². The fourth-order valence-corrected chi connectivity index (χ4v) is 1.62. The summed E-state index contributed by atoms with van der Waals surface area (Å²) in [5, 5.41) is 0. The molecule has 0 saturated carbocycles. The third-order valence-corrected chi connectivity index (χ3v) is 2.10. The van der Waals surface area contributed by atoms with Crippen molar-refractivity contribution in [3.05, 3.63) is 41.3 Å². The molecule has 1 aromatic carbocycles. The minimum absolute atomic E-state index is 0. The molecule has 1 heteroatoms. The summed E-state index contributed by atoms with van der Waals surface area (Å²) in [4.78, 5) is 0. The number of hydrogen-bond acceptors (Lipinski definition) is 0. The summed E-state index contributed by atoms with van der Waals surface area (Å²) in [6, 6.07) is 8.70. The van der Waals surface area contributed by atoms with Gasteiger partial charge in [0, 0.05) is 37.7 Å². The van der Waals surface area contributed by atoms with E-state index in [0.29, 0.717) is 0 Å². The normalized spacial score (nSPS) is 15.7. The SMILES string of the molecule is C[C-]1Cc2ccccc2C1.[Ho]. The van der Waals surface area contributed by atoms with E-state index >= 15 is 0 Å². The zero-order valence-electron chi connectivity index (χ0n) is 6.53. The molecule has 0 nitrogen and oxygen atoms in total. The predicted octanol–water partition coefficient (Wildman–Crippen LogP) is 2.38. The van der Waals surface area contributed by atoms with Crippen LogP contribution < -0.4 is 0 Å². The van der Waals surface area contributed by atoms with Gasteiger partial charge in [0.05, 0.1) is 0 Å². The molecular formula is C10H11Ho-. The van der Waals surface area contributed by atoms with Crippen LogP contribution in [-0.2, 0) is 12.8 Å². The largest absolute Gasteiger partial charge is 0.308 e. The standard InChI is InChI=1S/C10H11.Ho/c1-8-6-9-4-2-3-5-10(9)7-8;/h2-5H,6-7H2,1H3;/q-1;. The zero-order valence-corrected chi connectivity index (χ0v) is 8.46. The average molecular weight is 296 g/mol. The zero-order chi connectivity index (χ0) is 6.97. The molecule has 1 aliphatic carbocycles. The van der Waals surface area contributed by atoms with Crippen LogP contribution in [0.3, 0.4) is 0 Å². The van der Waals surface area contributed by atoms with Gasteiger partial charge in [-0.2, -0.15) is 19.8 Å². The molecule has 0 N–H and O–H groups in total. The summed E-state index contributed by atoms with van der Waals surface area (Å²) in [5.74, 6) is 1.60. The predicted molar refractivity (Wildman–Crippen MR) is 42.8 cm³/mol. The van der Waals surface area contributed by atoms with Crippen molar-refractivity contribution in [3.63, 3.8) is 0 Å². The van der Waals surface area contributed by atoms with Crippen LogP contribution in [0.4, 0.5) is 0 Å². The molecule has 1 radical (unpaired) electrons. The van der Waals surface area contributed by atoms with Gasteiger partial charge in [0.1, 0.15) is 0 Å². The fourth-order valence-electron chi connectivity index (χ4n) is 1.62. The molecule has 0 unspecified atom stereocenters. The molecular weight excluding hydrogens is 285 g/mol. The van der Waals surface area contributed by atoms with Gasteiger partial charge in [0.2, 0.25) is 0 Å². The molecule has 1 aliphatic rings. The van der Waals surface area contributed by atoms with Crippen LogP contribution in [0.25, 0.3) is 0 Å². The first-order chi connectivity index (χ1) is 4.86. The topological polar surface area (TPSA) is 0 Å². The first-order valence-corrected chi connectivity index (χ1v) is 3.74. The number of benzene rings is 1. The summed E-state index contributed by atoms with van der Waals surface area (Å²) >= 11 is 0. The molecule has 0 spiro atoms. The maximum atomic E-state index is 2.24. The van der Waals surface area contributed by atoms with Crippen LogP contribution >= 0.6 is 0 Å². The molecule has 0 atom stereocenters. The van der Waals surface area contributed by atoms with Gasteiger partial charge >= 0.3 is 0 Å². The molecule has 0 fully saturated rings. The number of hydrogen-bond donors (Lipinski definition) is 0. The first kappa shape index (κ1) is 9.57. The Kier molecular flexibility index (Phi) is 3.42. The molecule has 63 valence electrons. The average Bonchev–Trinajstić information content (AvgIpc) is 2.27. The quantitative estimate of drug-likeness (QED) is 0.509. The van der Waals surface area contributed by atoms with Gasteiger partial charge < -0.3 is 5.92 Å². The van der Waals surface area contributed by atoms with Crippen molar-refractivity contribution in [2.24, 2.45) is 0 Å². The third kappa shape index (κ3) is 1.99. The van der Waals surface area contributed by atoms with Crippen LogP contribution in [-0.4, -0.2) is 0 Å². The van der Waals surface area contributed by atoms with E-state index in [-0.39, 0.29) is 37.7 Å². The van der Waals surface area contributed by atoms with Crippen LogP contribution in [0.15, 0.2) is 24.3 Å². The van der Waals surface area contributed by atoms with Gasteiger partial charge in [-0.15, -0.1) is 0 Å². The Labute approximate surface area is 98.0 Å². The Hall–Kier alpha value is 0.480. The number of fused-ring (bicyclic) bond motifs is 1. The van der Waals surface area contributed by atoms with E-state index in [0.717, 1.165) is 0 Å². The maximum absolute atomic E-state index is 2.24.